The molecule has 0 radical (unpaired) electrons. The van der Waals surface area contributed by atoms with E-state index < -0.39 is 0 Å². The van der Waals surface area contributed by atoms with E-state index in [1.807, 2.05) is 32.2 Å². The summed E-state index contributed by atoms with van der Waals surface area (Å²) in [4.78, 5) is 9.99. The minimum Gasteiger partial charge on any atom is -0.323 e. The highest BCUT2D eigenvalue weighted by Gasteiger charge is 2.12. The molecule has 0 aliphatic carbocycles. The topological polar surface area (TPSA) is 51.8 Å². The van der Waals surface area contributed by atoms with Gasteiger partial charge >= 0.3 is 0 Å². The third kappa shape index (κ3) is 2.13. The molecule has 16 heavy (non-hydrogen) atoms. The summed E-state index contributed by atoms with van der Waals surface area (Å²) in [6.07, 6.45) is 1.81. The average Bonchev–Trinajstić information content (AvgIpc) is 2.60. The van der Waals surface area contributed by atoms with Gasteiger partial charge in [0.1, 0.15) is 5.01 Å². The van der Waals surface area contributed by atoms with Crippen LogP contribution in [-0.4, -0.2) is 9.97 Å². The zero-order valence-electron chi connectivity index (χ0n) is 9.69. The van der Waals surface area contributed by atoms with Gasteiger partial charge in [0.05, 0.1) is 11.4 Å². The molecule has 1 atom stereocenters. The molecule has 2 aromatic heterocycles. The first kappa shape index (κ1) is 11.2. The first-order valence-electron chi connectivity index (χ1n) is 5.24. The minimum absolute atomic E-state index is 0.0380. The Bertz CT molecular complexity index is 503. The first-order chi connectivity index (χ1) is 7.58. The minimum atomic E-state index is 0.0380. The molecule has 2 aromatic rings. The van der Waals surface area contributed by atoms with Crippen LogP contribution in [0.5, 0.6) is 0 Å². The van der Waals surface area contributed by atoms with E-state index in [0.717, 1.165) is 21.3 Å². The maximum absolute atomic E-state index is 5.89. The number of aromatic nitrogens is 2. The van der Waals surface area contributed by atoms with Gasteiger partial charge in [0.15, 0.2) is 0 Å². The number of pyridine rings is 1. The SMILES string of the molecule is Cc1ccnc(-c2nc(C)c(C(C)N)s2)c1. The van der Waals surface area contributed by atoms with Crippen molar-refractivity contribution in [1.82, 2.24) is 9.97 Å². The smallest absolute Gasteiger partial charge is 0.142 e. The van der Waals surface area contributed by atoms with E-state index in [9.17, 15) is 0 Å². The highest BCUT2D eigenvalue weighted by molar-refractivity contribution is 7.15. The van der Waals surface area contributed by atoms with Gasteiger partial charge in [-0.2, -0.15) is 0 Å². The molecule has 0 fully saturated rings. The van der Waals surface area contributed by atoms with Crippen molar-refractivity contribution in [2.24, 2.45) is 5.73 Å². The fraction of sp³-hybridized carbons (Fsp3) is 0.333. The molecule has 0 aliphatic heterocycles. The third-order valence-corrected chi connectivity index (χ3v) is 3.76. The molecule has 0 bridgehead atoms. The summed E-state index contributed by atoms with van der Waals surface area (Å²) in [5.41, 5.74) is 9.02. The lowest BCUT2D eigenvalue weighted by atomic mass is 10.2. The summed E-state index contributed by atoms with van der Waals surface area (Å²) in [5, 5.41) is 0.952. The van der Waals surface area contributed by atoms with Crippen molar-refractivity contribution in [1.29, 1.82) is 0 Å². The van der Waals surface area contributed by atoms with Gasteiger partial charge in [0, 0.05) is 17.1 Å². The number of hydrogen-bond acceptors (Lipinski definition) is 4. The number of hydrogen-bond donors (Lipinski definition) is 1. The van der Waals surface area contributed by atoms with Crippen molar-refractivity contribution in [2.45, 2.75) is 26.8 Å². The Morgan fingerprint density at radius 3 is 2.69 bits per heavy atom. The molecule has 0 spiro atoms. The van der Waals surface area contributed by atoms with E-state index in [4.69, 9.17) is 5.73 Å². The van der Waals surface area contributed by atoms with Crippen LogP contribution >= 0.6 is 11.3 Å². The zero-order valence-corrected chi connectivity index (χ0v) is 10.5. The van der Waals surface area contributed by atoms with Crippen LogP contribution in [0.3, 0.4) is 0 Å². The lowest BCUT2D eigenvalue weighted by molar-refractivity contribution is 0.825. The number of thiazole rings is 1. The maximum atomic E-state index is 5.89. The van der Waals surface area contributed by atoms with Crippen LogP contribution in [0.1, 0.15) is 29.1 Å². The number of nitrogens with two attached hydrogens (primary N) is 1. The van der Waals surface area contributed by atoms with Crippen LogP contribution in [-0.2, 0) is 0 Å². The van der Waals surface area contributed by atoms with Crippen LogP contribution in [0.15, 0.2) is 18.3 Å². The van der Waals surface area contributed by atoms with Crippen molar-refractivity contribution in [3.05, 3.63) is 34.5 Å². The van der Waals surface area contributed by atoms with Crippen molar-refractivity contribution >= 4 is 11.3 Å². The van der Waals surface area contributed by atoms with Crippen molar-refractivity contribution in [2.75, 3.05) is 0 Å². The van der Waals surface area contributed by atoms with E-state index in [0.29, 0.717) is 0 Å². The molecule has 2 N–H and O–H groups in total. The molecule has 0 aliphatic rings. The largest absolute Gasteiger partial charge is 0.323 e. The molecule has 2 heterocycles. The second-order valence-corrected chi connectivity index (χ2v) is 5.01. The van der Waals surface area contributed by atoms with Gasteiger partial charge in [-0.05, 0) is 38.5 Å². The summed E-state index contributed by atoms with van der Waals surface area (Å²) in [6, 6.07) is 4.07. The molecule has 0 saturated carbocycles. The van der Waals surface area contributed by atoms with Gasteiger partial charge in [-0.1, -0.05) is 0 Å². The second-order valence-electron chi connectivity index (χ2n) is 3.98. The van der Waals surface area contributed by atoms with Crippen LogP contribution in [0.2, 0.25) is 0 Å². The van der Waals surface area contributed by atoms with Crippen molar-refractivity contribution < 1.29 is 0 Å². The lowest BCUT2D eigenvalue weighted by Crippen LogP contribution is -2.03. The van der Waals surface area contributed by atoms with E-state index in [1.54, 1.807) is 11.3 Å². The highest BCUT2D eigenvalue weighted by atomic mass is 32.1. The average molecular weight is 233 g/mol. The van der Waals surface area contributed by atoms with Gasteiger partial charge in [-0.25, -0.2) is 4.98 Å². The zero-order chi connectivity index (χ0) is 11.7. The molecular formula is C12H15N3S. The molecule has 0 saturated heterocycles. The van der Waals surface area contributed by atoms with Gasteiger partial charge in [0.2, 0.25) is 0 Å². The summed E-state index contributed by atoms with van der Waals surface area (Å²) < 4.78 is 0. The summed E-state index contributed by atoms with van der Waals surface area (Å²) in [6.45, 7) is 6.03. The van der Waals surface area contributed by atoms with E-state index in [2.05, 4.69) is 16.9 Å². The predicted octanol–water partition coefficient (Wildman–Crippen LogP) is 2.84. The van der Waals surface area contributed by atoms with Crippen LogP contribution in [0.25, 0.3) is 10.7 Å². The summed E-state index contributed by atoms with van der Waals surface area (Å²) in [5.74, 6) is 0. The molecule has 84 valence electrons. The molecule has 4 heteroatoms. The Kier molecular flexibility index (Phi) is 3.03. The molecule has 1 unspecified atom stereocenters. The van der Waals surface area contributed by atoms with E-state index in [-0.39, 0.29) is 6.04 Å². The Morgan fingerprint density at radius 2 is 2.12 bits per heavy atom. The predicted molar refractivity (Wildman–Crippen MR) is 67.4 cm³/mol. The van der Waals surface area contributed by atoms with E-state index >= 15 is 0 Å². The number of rotatable bonds is 2. The van der Waals surface area contributed by atoms with Crippen LogP contribution in [0.4, 0.5) is 0 Å². The van der Waals surface area contributed by atoms with Gasteiger partial charge in [0.25, 0.3) is 0 Å². The highest BCUT2D eigenvalue weighted by Crippen LogP contribution is 2.29. The fourth-order valence-corrected chi connectivity index (χ4v) is 2.58. The number of aryl methyl sites for hydroxylation is 2. The van der Waals surface area contributed by atoms with Gasteiger partial charge in [-0.15, -0.1) is 11.3 Å². The van der Waals surface area contributed by atoms with Gasteiger partial charge < -0.3 is 5.73 Å². The Balaban J connectivity index is 2.45. The number of nitrogens with zero attached hydrogens (tertiary/aromatic N) is 2. The normalized spacial score (nSPS) is 12.8. The molecule has 0 amide bonds. The first-order valence-corrected chi connectivity index (χ1v) is 6.05. The van der Waals surface area contributed by atoms with Gasteiger partial charge in [-0.3, -0.25) is 4.98 Å². The molecule has 0 aromatic carbocycles. The van der Waals surface area contributed by atoms with Crippen molar-refractivity contribution in [3.63, 3.8) is 0 Å². The van der Waals surface area contributed by atoms with Crippen LogP contribution < -0.4 is 5.73 Å². The lowest BCUT2D eigenvalue weighted by Gasteiger charge is -1.99. The standard InChI is InChI=1S/C12H15N3S/c1-7-4-5-14-10(6-7)12-15-9(3)11(16-12)8(2)13/h4-6,8H,13H2,1-3H3. The third-order valence-electron chi connectivity index (χ3n) is 2.38. The maximum Gasteiger partial charge on any atom is 0.142 e. The van der Waals surface area contributed by atoms with Crippen LogP contribution in [0, 0.1) is 13.8 Å². The van der Waals surface area contributed by atoms with E-state index in [1.165, 1.54) is 5.56 Å². The fourth-order valence-electron chi connectivity index (χ4n) is 1.59. The van der Waals surface area contributed by atoms with Crippen molar-refractivity contribution in [3.8, 4) is 10.7 Å². The second kappa shape index (κ2) is 4.31. The quantitative estimate of drug-likeness (QED) is 0.867. The monoisotopic (exact) mass is 233 g/mol. The summed E-state index contributed by atoms with van der Waals surface area (Å²) >= 11 is 1.63. The Labute approximate surface area is 99.4 Å². The molecular weight excluding hydrogens is 218 g/mol. The Morgan fingerprint density at radius 1 is 1.38 bits per heavy atom. The molecule has 2 rings (SSSR count). The summed E-state index contributed by atoms with van der Waals surface area (Å²) in [7, 11) is 0. The Hall–Kier alpha value is -1.26. The molecule has 3 nitrogen and oxygen atoms in total.